The van der Waals surface area contributed by atoms with E-state index in [9.17, 15) is 19.2 Å². The van der Waals surface area contributed by atoms with Gasteiger partial charge >= 0.3 is 0 Å². The Hall–Kier alpha value is -3.30. The molecule has 33 heavy (non-hydrogen) atoms. The molecule has 2 fully saturated rings. The maximum Gasteiger partial charge on any atom is 0.262 e. The second-order valence-corrected chi connectivity index (χ2v) is 8.86. The van der Waals surface area contributed by atoms with Crippen LogP contribution in [0.4, 0.5) is 5.82 Å². The SMILES string of the molecule is O=C1CCC(N2C(=O)c3ccc(CN4CCN(c5ccc(Cl)cn5)CC4)cc3C2=O)C(=O)N1. The molecule has 4 heterocycles. The Kier molecular flexibility index (Phi) is 5.59. The van der Waals surface area contributed by atoms with Crippen molar-refractivity contribution in [1.82, 2.24) is 20.1 Å². The van der Waals surface area contributed by atoms with Crippen molar-refractivity contribution in [3.8, 4) is 0 Å². The summed E-state index contributed by atoms with van der Waals surface area (Å²) in [6.07, 6.45) is 1.90. The number of piperazine rings is 1. The van der Waals surface area contributed by atoms with Crippen molar-refractivity contribution in [3.05, 3.63) is 58.2 Å². The monoisotopic (exact) mass is 467 g/mol. The number of carbonyl (C=O) groups excluding carboxylic acids is 4. The van der Waals surface area contributed by atoms with E-state index in [1.54, 1.807) is 18.3 Å². The summed E-state index contributed by atoms with van der Waals surface area (Å²) in [5.41, 5.74) is 1.54. The molecule has 10 heteroatoms. The van der Waals surface area contributed by atoms with E-state index in [0.29, 0.717) is 22.7 Å². The minimum Gasteiger partial charge on any atom is -0.354 e. The number of pyridine rings is 1. The number of amides is 4. The van der Waals surface area contributed by atoms with Crippen LogP contribution in [0.2, 0.25) is 5.02 Å². The van der Waals surface area contributed by atoms with Crippen molar-refractivity contribution in [2.75, 3.05) is 31.1 Å². The first kappa shape index (κ1) is 21.5. The van der Waals surface area contributed by atoms with Crippen molar-refractivity contribution >= 4 is 41.0 Å². The summed E-state index contributed by atoms with van der Waals surface area (Å²) >= 11 is 5.92. The molecule has 0 bridgehead atoms. The minimum atomic E-state index is -0.951. The van der Waals surface area contributed by atoms with E-state index in [1.165, 1.54) is 0 Å². The highest BCUT2D eigenvalue weighted by molar-refractivity contribution is 6.30. The normalized spacial score (nSPS) is 21.4. The summed E-state index contributed by atoms with van der Waals surface area (Å²) < 4.78 is 0. The Morgan fingerprint density at radius 1 is 0.970 bits per heavy atom. The molecule has 4 amide bonds. The van der Waals surface area contributed by atoms with Gasteiger partial charge in [-0.25, -0.2) is 4.98 Å². The molecule has 0 aliphatic carbocycles. The quantitative estimate of drug-likeness (QED) is 0.679. The van der Waals surface area contributed by atoms with E-state index in [1.807, 2.05) is 18.2 Å². The number of fused-ring (bicyclic) bond motifs is 1. The Balaban J connectivity index is 1.25. The third-order valence-electron chi connectivity index (χ3n) is 6.32. The van der Waals surface area contributed by atoms with Crippen LogP contribution >= 0.6 is 11.6 Å². The van der Waals surface area contributed by atoms with Gasteiger partial charge in [-0.1, -0.05) is 17.7 Å². The predicted octanol–water partition coefficient (Wildman–Crippen LogP) is 1.46. The average molecular weight is 468 g/mol. The molecule has 0 radical (unpaired) electrons. The molecular formula is C23H22ClN5O4. The lowest BCUT2D eigenvalue weighted by atomic mass is 10.0. The zero-order valence-corrected chi connectivity index (χ0v) is 18.5. The van der Waals surface area contributed by atoms with Crippen LogP contribution in [0.1, 0.15) is 39.1 Å². The van der Waals surface area contributed by atoms with Crippen LogP contribution in [0.25, 0.3) is 0 Å². The lowest BCUT2D eigenvalue weighted by molar-refractivity contribution is -0.136. The Morgan fingerprint density at radius 3 is 2.42 bits per heavy atom. The highest BCUT2D eigenvalue weighted by Gasteiger charge is 2.44. The number of rotatable bonds is 4. The third kappa shape index (κ3) is 4.09. The van der Waals surface area contributed by atoms with Crippen molar-refractivity contribution in [1.29, 1.82) is 0 Å². The number of piperidine rings is 1. The Labute approximate surface area is 195 Å². The fourth-order valence-electron chi connectivity index (χ4n) is 4.56. The van der Waals surface area contributed by atoms with Crippen LogP contribution in [0.5, 0.6) is 0 Å². The number of imide groups is 2. The first-order valence-corrected chi connectivity index (χ1v) is 11.2. The molecule has 1 aromatic carbocycles. The van der Waals surface area contributed by atoms with Gasteiger partial charge in [-0.3, -0.25) is 34.3 Å². The maximum absolute atomic E-state index is 13.0. The van der Waals surface area contributed by atoms with Crippen LogP contribution in [0.15, 0.2) is 36.5 Å². The fraction of sp³-hybridized carbons (Fsp3) is 0.348. The molecule has 3 aliphatic heterocycles. The summed E-state index contributed by atoms with van der Waals surface area (Å²) in [5, 5.41) is 2.82. The van der Waals surface area contributed by atoms with E-state index in [2.05, 4.69) is 20.1 Å². The van der Waals surface area contributed by atoms with Gasteiger partial charge in [0.25, 0.3) is 11.8 Å². The van der Waals surface area contributed by atoms with Gasteiger partial charge < -0.3 is 4.90 Å². The lowest BCUT2D eigenvalue weighted by Gasteiger charge is -2.35. The smallest absolute Gasteiger partial charge is 0.262 e. The van der Waals surface area contributed by atoms with Gasteiger partial charge in [0.05, 0.1) is 16.1 Å². The molecule has 1 aromatic heterocycles. The average Bonchev–Trinajstić information content (AvgIpc) is 3.05. The highest BCUT2D eigenvalue weighted by Crippen LogP contribution is 2.29. The predicted molar refractivity (Wildman–Crippen MR) is 120 cm³/mol. The second-order valence-electron chi connectivity index (χ2n) is 8.42. The highest BCUT2D eigenvalue weighted by atomic mass is 35.5. The van der Waals surface area contributed by atoms with Gasteiger partial charge in [-0.05, 0) is 36.2 Å². The van der Waals surface area contributed by atoms with E-state index in [4.69, 9.17) is 11.6 Å². The van der Waals surface area contributed by atoms with Crippen LogP contribution in [0, 0.1) is 0 Å². The molecule has 5 rings (SSSR count). The van der Waals surface area contributed by atoms with Crippen LogP contribution < -0.4 is 10.2 Å². The Bertz CT molecular complexity index is 1140. The summed E-state index contributed by atoms with van der Waals surface area (Å²) in [6.45, 7) is 3.95. The van der Waals surface area contributed by atoms with Crippen molar-refractivity contribution in [2.45, 2.75) is 25.4 Å². The molecule has 3 aliphatic rings. The number of hydrogen-bond acceptors (Lipinski definition) is 7. The number of nitrogens with one attached hydrogen (secondary N) is 1. The zero-order valence-electron chi connectivity index (χ0n) is 17.8. The first-order valence-electron chi connectivity index (χ1n) is 10.8. The molecule has 1 atom stereocenters. The van der Waals surface area contributed by atoms with Gasteiger partial charge in [-0.15, -0.1) is 0 Å². The van der Waals surface area contributed by atoms with Gasteiger partial charge in [0.2, 0.25) is 11.8 Å². The molecule has 170 valence electrons. The van der Waals surface area contributed by atoms with E-state index in [0.717, 1.165) is 42.5 Å². The van der Waals surface area contributed by atoms with Crippen molar-refractivity contribution < 1.29 is 19.2 Å². The second kappa shape index (κ2) is 8.57. The number of hydrogen-bond donors (Lipinski definition) is 1. The van der Waals surface area contributed by atoms with Crippen LogP contribution in [-0.2, 0) is 16.1 Å². The Morgan fingerprint density at radius 2 is 1.73 bits per heavy atom. The number of aromatic nitrogens is 1. The maximum atomic E-state index is 13.0. The molecule has 1 N–H and O–H groups in total. The van der Waals surface area contributed by atoms with Crippen molar-refractivity contribution in [2.24, 2.45) is 0 Å². The summed E-state index contributed by atoms with van der Waals surface area (Å²) in [5.74, 6) is -1.06. The number of carbonyl (C=O) groups is 4. The largest absolute Gasteiger partial charge is 0.354 e. The van der Waals surface area contributed by atoms with Gasteiger partial charge in [0.15, 0.2) is 0 Å². The summed E-state index contributed by atoms with van der Waals surface area (Å²) in [6, 6.07) is 8.05. The topological polar surface area (TPSA) is 103 Å². The molecule has 0 spiro atoms. The lowest BCUT2D eigenvalue weighted by Crippen LogP contribution is -2.54. The molecule has 0 saturated carbocycles. The number of benzene rings is 1. The van der Waals surface area contributed by atoms with Crippen LogP contribution in [0.3, 0.4) is 0 Å². The number of halogens is 1. The summed E-state index contributed by atoms with van der Waals surface area (Å²) in [7, 11) is 0. The van der Waals surface area contributed by atoms with Crippen LogP contribution in [-0.4, -0.2) is 70.6 Å². The molecular weight excluding hydrogens is 446 g/mol. The fourth-order valence-corrected chi connectivity index (χ4v) is 4.68. The molecule has 2 saturated heterocycles. The van der Waals surface area contributed by atoms with E-state index >= 15 is 0 Å². The van der Waals surface area contributed by atoms with Gasteiger partial charge in [0.1, 0.15) is 11.9 Å². The number of nitrogens with zero attached hydrogens (tertiary/aromatic N) is 4. The minimum absolute atomic E-state index is 0.104. The van der Waals surface area contributed by atoms with Crippen molar-refractivity contribution in [3.63, 3.8) is 0 Å². The molecule has 1 unspecified atom stereocenters. The standard InChI is InChI=1S/C23H22ClN5O4/c24-15-2-5-19(25-12-15)28-9-7-27(8-10-28)13-14-1-3-16-17(11-14)23(33)29(22(16)32)18-4-6-20(30)26-21(18)31/h1-3,5,11-12,18H,4,6-10,13H2,(H,26,30,31). The summed E-state index contributed by atoms with van der Waals surface area (Å²) in [4.78, 5) is 59.3. The third-order valence-corrected chi connectivity index (χ3v) is 6.54. The van der Waals surface area contributed by atoms with Gasteiger partial charge in [0, 0.05) is 45.3 Å². The zero-order chi connectivity index (χ0) is 23.1. The van der Waals surface area contributed by atoms with Gasteiger partial charge in [-0.2, -0.15) is 0 Å². The first-order chi connectivity index (χ1) is 15.9. The molecule has 9 nitrogen and oxygen atoms in total. The number of anilines is 1. The molecule has 2 aromatic rings. The van der Waals surface area contributed by atoms with E-state index in [-0.39, 0.29) is 18.7 Å². The van der Waals surface area contributed by atoms with E-state index < -0.39 is 23.8 Å².